The molecule has 0 bridgehead atoms. The van der Waals surface area contributed by atoms with Crippen molar-refractivity contribution in [2.24, 2.45) is 0 Å². The summed E-state index contributed by atoms with van der Waals surface area (Å²) in [7, 11) is 0. The lowest BCUT2D eigenvalue weighted by atomic mass is 10.0. The summed E-state index contributed by atoms with van der Waals surface area (Å²) in [5.41, 5.74) is 1.31. The Hall–Kier alpha value is -2.76. The summed E-state index contributed by atoms with van der Waals surface area (Å²) in [6, 6.07) is 11.4. The summed E-state index contributed by atoms with van der Waals surface area (Å²) in [5, 5.41) is 0. The predicted octanol–water partition coefficient (Wildman–Crippen LogP) is 4.07. The zero-order chi connectivity index (χ0) is 16.4. The van der Waals surface area contributed by atoms with Crippen LogP contribution in [-0.2, 0) is 12.6 Å². The molecule has 1 aromatic heterocycles. The second-order valence-electron chi connectivity index (χ2n) is 5.03. The molecule has 3 aromatic rings. The first-order chi connectivity index (χ1) is 10.9. The lowest BCUT2D eigenvalue weighted by Crippen LogP contribution is -2.08. The Labute approximate surface area is 129 Å². The molecule has 2 aromatic carbocycles. The van der Waals surface area contributed by atoms with Gasteiger partial charge in [0.2, 0.25) is 0 Å². The number of nitrogens with zero attached hydrogens (tertiary/aromatic N) is 2. The van der Waals surface area contributed by atoms with Crippen LogP contribution in [0.15, 0.2) is 54.7 Å². The Morgan fingerprint density at radius 1 is 0.957 bits per heavy atom. The highest BCUT2D eigenvalue weighted by Gasteiger charge is 2.30. The summed E-state index contributed by atoms with van der Waals surface area (Å²) in [4.78, 5) is 20.7. The van der Waals surface area contributed by atoms with E-state index in [9.17, 15) is 18.0 Å². The van der Waals surface area contributed by atoms with Gasteiger partial charge in [0.15, 0.2) is 5.78 Å². The van der Waals surface area contributed by atoms with Crippen molar-refractivity contribution in [2.75, 3.05) is 0 Å². The molecular formula is C17H11F3N2O. The minimum Gasteiger partial charge on any atom is -0.294 e. The molecule has 0 aliphatic carbocycles. The summed E-state index contributed by atoms with van der Waals surface area (Å²) in [5.74, 6) is -0.302. The minimum absolute atomic E-state index is 0.0107. The molecule has 0 fully saturated rings. The fraction of sp³-hybridized carbons (Fsp3) is 0.118. The Morgan fingerprint density at radius 2 is 1.61 bits per heavy atom. The van der Waals surface area contributed by atoms with Crippen LogP contribution in [0, 0.1) is 0 Å². The molecule has 0 saturated carbocycles. The van der Waals surface area contributed by atoms with Crippen LogP contribution in [0.4, 0.5) is 13.2 Å². The third kappa shape index (κ3) is 3.36. The van der Waals surface area contributed by atoms with Gasteiger partial charge in [-0.3, -0.25) is 9.78 Å². The molecule has 0 aliphatic rings. The molecule has 116 valence electrons. The number of aromatic nitrogens is 2. The standard InChI is InChI=1S/C17H11F3N2O/c18-17(19,20)12-7-5-11(6-8-12)16(23)9-13-10-21-14-3-1-2-4-15(14)22-13/h1-8,10H,9H2. The quantitative estimate of drug-likeness (QED) is 0.684. The Kier molecular flexibility index (Phi) is 3.82. The van der Waals surface area contributed by atoms with Gasteiger partial charge < -0.3 is 0 Å². The van der Waals surface area contributed by atoms with E-state index in [1.54, 1.807) is 6.07 Å². The average molecular weight is 316 g/mol. The normalized spacial score (nSPS) is 11.6. The number of rotatable bonds is 3. The van der Waals surface area contributed by atoms with Crippen LogP contribution >= 0.6 is 0 Å². The molecule has 0 radical (unpaired) electrons. The summed E-state index contributed by atoms with van der Waals surface area (Å²) in [6.45, 7) is 0. The molecule has 3 rings (SSSR count). The van der Waals surface area contributed by atoms with E-state index in [-0.39, 0.29) is 17.8 Å². The molecule has 1 heterocycles. The number of benzene rings is 2. The van der Waals surface area contributed by atoms with Crippen molar-refractivity contribution in [1.82, 2.24) is 9.97 Å². The van der Waals surface area contributed by atoms with Crippen LogP contribution in [0.3, 0.4) is 0 Å². The SMILES string of the molecule is O=C(Cc1cnc2ccccc2n1)c1ccc(C(F)(F)F)cc1. The lowest BCUT2D eigenvalue weighted by Gasteiger charge is -2.07. The van der Waals surface area contributed by atoms with Gasteiger partial charge in [-0.1, -0.05) is 24.3 Å². The lowest BCUT2D eigenvalue weighted by molar-refractivity contribution is -0.137. The van der Waals surface area contributed by atoms with Crippen LogP contribution in [0.5, 0.6) is 0 Å². The summed E-state index contributed by atoms with van der Waals surface area (Å²) in [6.07, 6.45) is -2.92. The summed E-state index contributed by atoms with van der Waals surface area (Å²) >= 11 is 0. The molecule has 0 aliphatic heterocycles. The largest absolute Gasteiger partial charge is 0.416 e. The van der Waals surface area contributed by atoms with E-state index in [0.29, 0.717) is 11.2 Å². The topological polar surface area (TPSA) is 42.9 Å². The maximum atomic E-state index is 12.5. The molecule has 0 saturated heterocycles. The second-order valence-corrected chi connectivity index (χ2v) is 5.03. The number of para-hydroxylation sites is 2. The average Bonchev–Trinajstić information content (AvgIpc) is 2.54. The first kappa shape index (κ1) is 15.1. The number of Topliss-reactive ketones (excluding diaryl/α,β-unsaturated/α-hetero) is 1. The number of halogens is 3. The highest BCUT2D eigenvalue weighted by molar-refractivity contribution is 5.97. The van der Waals surface area contributed by atoms with Crippen molar-refractivity contribution < 1.29 is 18.0 Å². The third-order valence-corrected chi connectivity index (χ3v) is 3.37. The van der Waals surface area contributed by atoms with Crippen LogP contribution in [0.25, 0.3) is 11.0 Å². The molecule has 23 heavy (non-hydrogen) atoms. The van der Waals surface area contributed by atoms with Crippen molar-refractivity contribution >= 4 is 16.8 Å². The van der Waals surface area contributed by atoms with Gasteiger partial charge in [-0.15, -0.1) is 0 Å². The number of ketones is 1. The van der Waals surface area contributed by atoms with E-state index >= 15 is 0 Å². The zero-order valence-electron chi connectivity index (χ0n) is 11.8. The molecule has 3 nitrogen and oxygen atoms in total. The molecule has 6 heteroatoms. The number of fused-ring (bicyclic) bond motifs is 1. The van der Waals surface area contributed by atoms with Crippen LogP contribution in [-0.4, -0.2) is 15.8 Å². The predicted molar refractivity (Wildman–Crippen MR) is 79.0 cm³/mol. The van der Waals surface area contributed by atoms with E-state index in [1.807, 2.05) is 18.2 Å². The highest BCUT2D eigenvalue weighted by atomic mass is 19.4. The molecular weight excluding hydrogens is 305 g/mol. The van der Waals surface area contributed by atoms with E-state index in [1.165, 1.54) is 18.3 Å². The fourth-order valence-electron chi connectivity index (χ4n) is 2.19. The van der Waals surface area contributed by atoms with Crippen LogP contribution in [0.1, 0.15) is 21.6 Å². The molecule has 0 spiro atoms. The van der Waals surface area contributed by atoms with Gasteiger partial charge in [0.25, 0.3) is 0 Å². The van der Waals surface area contributed by atoms with Gasteiger partial charge >= 0.3 is 6.18 Å². The van der Waals surface area contributed by atoms with Crippen molar-refractivity contribution in [1.29, 1.82) is 0 Å². The van der Waals surface area contributed by atoms with Crippen molar-refractivity contribution in [3.8, 4) is 0 Å². The summed E-state index contributed by atoms with van der Waals surface area (Å²) < 4.78 is 37.5. The molecule has 0 amide bonds. The Balaban J connectivity index is 1.80. The van der Waals surface area contributed by atoms with E-state index in [0.717, 1.165) is 17.6 Å². The van der Waals surface area contributed by atoms with Gasteiger partial charge in [0, 0.05) is 11.8 Å². The number of hydrogen-bond donors (Lipinski definition) is 0. The van der Waals surface area contributed by atoms with Gasteiger partial charge in [-0.05, 0) is 24.3 Å². The molecule has 0 N–H and O–H groups in total. The number of carbonyl (C=O) groups excluding carboxylic acids is 1. The first-order valence-electron chi connectivity index (χ1n) is 6.84. The third-order valence-electron chi connectivity index (χ3n) is 3.37. The maximum absolute atomic E-state index is 12.5. The fourth-order valence-corrected chi connectivity index (χ4v) is 2.19. The number of carbonyl (C=O) groups is 1. The monoisotopic (exact) mass is 316 g/mol. The van der Waals surface area contributed by atoms with Gasteiger partial charge in [0.05, 0.1) is 28.7 Å². The van der Waals surface area contributed by atoms with E-state index < -0.39 is 11.7 Å². The first-order valence-corrected chi connectivity index (χ1v) is 6.84. The molecule has 0 unspecified atom stereocenters. The maximum Gasteiger partial charge on any atom is 0.416 e. The van der Waals surface area contributed by atoms with E-state index in [2.05, 4.69) is 9.97 Å². The van der Waals surface area contributed by atoms with Gasteiger partial charge in [0.1, 0.15) is 0 Å². The van der Waals surface area contributed by atoms with E-state index in [4.69, 9.17) is 0 Å². The van der Waals surface area contributed by atoms with Gasteiger partial charge in [-0.2, -0.15) is 13.2 Å². The number of hydrogen-bond acceptors (Lipinski definition) is 3. The Bertz CT molecular complexity index is 858. The van der Waals surface area contributed by atoms with Crippen LogP contribution in [0.2, 0.25) is 0 Å². The van der Waals surface area contributed by atoms with Gasteiger partial charge in [-0.25, -0.2) is 4.98 Å². The smallest absolute Gasteiger partial charge is 0.294 e. The Morgan fingerprint density at radius 3 is 2.26 bits per heavy atom. The highest BCUT2D eigenvalue weighted by Crippen LogP contribution is 2.29. The van der Waals surface area contributed by atoms with Crippen molar-refractivity contribution in [3.63, 3.8) is 0 Å². The van der Waals surface area contributed by atoms with Crippen molar-refractivity contribution in [3.05, 3.63) is 71.5 Å². The second kappa shape index (κ2) is 5.79. The zero-order valence-corrected chi connectivity index (χ0v) is 11.8. The number of alkyl halides is 3. The van der Waals surface area contributed by atoms with Crippen molar-refractivity contribution in [2.45, 2.75) is 12.6 Å². The van der Waals surface area contributed by atoms with Crippen LogP contribution < -0.4 is 0 Å². The minimum atomic E-state index is -4.41. The molecule has 0 atom stereocenters.